The van der Waals surface area contributed by atoms with Crippen molar-refractivity contribution in [1.29, 1.82) is 0 Å². The van der Waals surface area contributed by atoms with Crippen molar-refractivity contribution in [3.8, 4) is 0 Å². The Hall–Kier alpha value is -1.60. The molecular weight excluding hydrogens is 306 g/mol. The summed E-state index contributed by atoms with van der Waals surface area (Å²) < 4.78 is 0. The first-order valence-corrected chi connectivity index (χ1v) is 7.92. The Bertz CT molecular complexity index is 565. The Morgan fingerprint density at radius 2 is 1.95 bits per heavy atom. The van der Waals surface area contributed by atoms with Gasteiger partial charge in [0, 0.05) is 26.2 Å². The number of likely N-dealkylation sites (N-methyl/N-ethyl adjacent to an activating group) is 1. The standard InChI is InChI=1S/C14H22ClN5O2/c1-3-18(4-2)10-12(21)20-7-5-19(6-8-20)11-9-16-17-14(22)13(11)15/h9H,3-8,10H2,1-2H3,(H,17,22). The molecule has 0 aliphatic carbocycles. The summed E-state index contributed by atoms with van der Waals surface area (Å²) in [5.41, 5.74) is 0.237. The Labute approximate surface area is 134 Å². The molecule has 1 saturated heterocycles. The number of piperazine rings is 1. The molecule has 1 amide bonds. The van der Waals surface area contributed by atoms with E-state index in [2.05, 4.69) is 28.9 Å². The fraction of sp³-hybridized carbons (Fsp3) is 0.643. The van der Waals surface area contributed by atoms with Crippen LogP contribution in [-0.2, 0) is 4.79 Å². The van der Waals surface area contributed by atoms with Crippen LogP contribution in [-0.4, -0.2) is 71.7 Å². The second-order valence-corrected chi connectivity index (χ2v) is 5.61. The van der Waals surface area contributed by atoms with Crippen LogP contribution < -0.4 is 10.5 Å². The molecule has 7 nitrogen and oxygen atoms in total. The minimum Gasteiger partial charge on any atom is -0.365 e. The lowest BCUT2D eigenvalue weighted by molar-refractivity contribution is -0.132. The smallest absolute Gasteiger partial charge is 0.285 e. The first-order valence-electron chi connectivity index (χ1n) is 7.55. The van der Waals surface area contributed by atoms with Gasteiger partial charge in [0.25, 0.3) is 5.56 Å². The van der Waals surface area contributed by atoms with Crippen LogP contribution in [0, 0.1) is 0 Å². The molecule has 122 valence electrons. The van der Waals surface area contributed by atoms with Crippen molar-refractivity contribution >= 4 is 23.2 Å². The van der Waals surface area contributed by atoms with E-state index in [0.29, 0.717) is 38.4 Å². The average Bonchev–Trinajstić information content (AvgIpc) is 2.55. The van der Waals surface area contributed by atoms with Gasteiger partial charge in [0.15, 0.2) is 0 Å². The number of carbonyl (C=O) groups excluding carboxylic acids is 1. The molecule has 0 atom stereocenters. The van der Waals surface area contributed by atoms with Gasteiger partial charge in [0.1, 0.15) is 5.02 Å². The zero-order valence-electron chi connectivity index (χ0n) is 13.0. The quantitative estimate of drug-likeness (QED) is 0.848. The summed E-state index contributed by atoms with van der Waals surface area (Å²) in [6, 6.07) is 0. The van der Waals surface area contributed by atoms with Gasteiger partial charge < -0.3 is 9.80 Å². The minimum absolute atomic E-state index is 0.151. The average molecular weight is 328 g/mol. The summed E-state index contributed by atoms with van der Waals surface area (Å²) in [6.45, 7) is 8.86. The van der Waals surface area contributed by atoms with Crippen molar-refractivity contribution in [1.82, 2.24) is 20.0 Å². The molecule has 8 heteroatoms. The largest absolute Gasteiger partial charge is 0.365 e. The van der Waals surface area contributed by atoms with E-state index in [1.54, 1.807) is 6.20 Å². The third-order valence-electron chi connectivity index (χ3n) is 4.00. The van der Waals surface area contributed by atoms with E-state index in [1.165, 1.54) is 0 Å². The molecule has 1 aliphatic rings. The normalized spacial score (nSPS) is 15.5. The number of nitrogens with one attached hydrogen (secondary N) is 1. The molecule has 1 N–H and O–H groups in total. The SMILES string of the molecule is CCN(CC)CC(=O)N1CCN(c2cn[nH]c(=O)c2Cl)CC1. The number of hydrogen-bond acceptors (Lipinski definition) is 5. The number of carbonyl (C=O) groups is 1. The van der Waals surface area contributed by atoms with Gasteiger partial charge in [-0.2, -0.15) is 5.10 Å². The third-order valence-corrected chi connectivity index (χ3v) is 4.37. The van der Waals surface area contributed by atoms with Gasteiger partial charge >= 0.3 is 0 Å². The molecule has 0 unspecified atom stereocenters. The van der Waals surface area contributed by atoms with Crippen molar-refractivity contribution < 1.29 is 4.79 Å². The number of aromatic amines is 1. The van der Waals surface area contributed by atoms with Crippen LogP contribution in [0.4, 0.5) is 5.69 Å². The number of nitrogens with zero attached hydrogens (tertiary/aromatic N) is 4. The van der Waals surface area contributed by atoms with Crippen LogP contribution in [0.5, 0.6) is 0 Å². The van der Waals surface area contributed by atoms with Gasteiger partial charge in [-0.05, 0) is 13.1 Å². The third kappa shape index (κ3) is 3.78. The van der Waals surface area contributed by atoms with Crippen molar-refractivity contribution in [2.24, 2.45) is 0 Å². The number of rotatable bonds is 5. The highest BCUT2D eigenvalue weighted by Crippen LogP contribution is 2.21. The maximum Gasteiger partial charge on any atom is 0.285 e. The Balaban J connectivity index is 1.94. The maximum absolute atomic E-state index is 12.3. The zero-order chi connectivity index (χ0) is 16.1. The van der Waals surface area contributed by atoms with Crippen LogP contribution in [0.3, 0.4) is 0 Å². The highest BCUT2D eigenvalue weighted by Gasteiger charge is 2.24. The highest BCUT2D eigenvalue weighted by molar-refractivity contribution is 6.33. The predicted octanol–water partition coefficient (Wildman–Crippen LogP) is 0.414. The van der Waals surface area contributed by atoms with Gasteiger partial charge in [-0.15, -0.1) is 0 Å². The molecule has 2 heterocycles. The van der Waals surface area contributed by atoms with Crippen LogP contribution in [0.2, 0.25) is 5.02 Å². The first kappa shape index (κ1) is 16.8. The number of hydrogen-bond donors (Lipinski definition) is 1. The molecule has 0 saturated carbocycles. The van der Waals surface area contributed by atoms with Crippen LogP contribution >= 0.6 is 11.6 Å². The van der Waals surface area contributed by atoms with E-state index in [9.17, 15) is 9.59 Å². The predicted molar refractivity (Wildman–Crippen MR) is 86.4 cm³/mol. The van der Waals surface area contributed by atoms with E-state index >= 15 is 0 Å². The van der Waals surface area contributed by atoms with Gasteiger partial charge in [-0.1, -0.05) is 25.4 Å². The van der Waals surface area contributed by atoms with Crippen molar-refractivity contribution in [3.05, 3.63) is 21.6 Å². The maximum atomic E-state index is 12.3. The number of aromatic nitrogens is 2. The van der Waals surface area contributed by atoms with Crippen molar-refractivity contribution in [2.45, 2.75) is 13.8 Å². The lowest BCUT2D eigenvalue weighted by Gasteiger charge is -2.36. The molecule has 0 radical (unpaired) electrons. The Kier molecular flexibility index (Phi) is 5.79. The molecule has 1 aromatic rings. The first-order chi connectivity index (χ1) is 10.6. The molecule has 1 fully saturated rings. The summed E-state index contributed by atoms with van der Waals surface area (Å²) in [7, 11) is 0. The van der Waals surface area contributed by atoms with Crippen molar-refractivity contribution in [3.63, 3.8) is 0 Å². The number of amides is 1. The molecule has 1 aliphatic heterocycles. The van der Waals surface area contributed by atoms with Gasteiger partial charge in [0.2, 0.25) is 5.91 Å². The lowest BCUT2D eigenvalue weighted by atomic mass is 10.2. The number of halogens is 1. The van der Waals surface area contributed by atoms with E-state index in [1.807, 2.05) is 9.80 Å². The summed E-state index contributed by atoms with van der Waals surface area (Å²) in [4.78, 5) is 29.7. The summed E-state index contributed by atoms with van der Waals surface area (Å²) in [5.74, 6) is 0.151. The minimum atomic E-state index is -0.390. The molecule has 0 aromatic carbocycles. The van der Waals surface area contributed by atoms with Crippen LogP contribution in [0.1, 0.15) is 13.8 Å². The van der Waals surface area contributed by atoms with E-state index in [-0.39, 0.29) is 16.5 Å². The molecule has 0 spiro atoms. The van der Waals surface area contributed by atoms with Gasteiger partial charge in [-0.25, -0.2) is 5.10 Å². The number of H-pyrrole nitrogens is 1. The fourth-order valence-corrected chi connectivity index (χ4v) is 2.74. The second kappa shape index (κ2) is 7.60. The Morgan fingerprint density at radius 3 is 2.55 bits per heavy atom. The fourth-order valence-electron chi connectivity index (χ4n) is 2.53. The van der Waals surface area contributed by atoms with Crippen LogP contribution in [0.15, 0.2) is 11.0 Å². The van der Waals surface area contributed by atoms with Gasteiger partial charge in [0.05, 0.1) is 18.4 Å². The van der Waals surface area contributed by atoms with Crippen molar-refractivity contribution in [2.75, 3.05) is 50.7 Å². The summed E-state index contributed by atoms with van der Waals surface area (Å²) in [5, 5.41) is 6.24. The summed E-state index contributed by atoms with van der Waals surface area (Å²) >= 11 is 6.02. The van der Waals surface area contributed by atoms with E-state index in [4.69, 9.17) is 11.6 Å². The van der Waals surface area contributed by atoms with E-state index < -0.39 is 0 Å². The molecule has 2 rings (SSSR count). The molecule has 0 bridgehead atoms. The molecule has 22 heavy (non-hydrogen) atoms. The van der Waals surface area contributed by atoms with E-state index in [0.717, 1.165) is 13.1 Å². The molecule has 1 aromatic heterocycles. The highest BCUT2D eigenvalue weighted by atomic mass is 35.5. The lowest BCUT2D eigenvalue weighted by Crippen LogP contribution is -2.51. The second-order valence-electron chi connectivity index (χ2n) is 5.23. The molecular formula is C14H22ClN5O2. The number of anilines is 1. The summed E-state index contributed by atoms with van der Waals surface area (Å²) in [6.07, 6.45) is 1.55. The zero-order valence-corrected chi connectivity index (χ0v) is 13.8. The Morgan fingerprint density at radius 1 is 1.32 bits per heavy atom. The van der Waals surface area contributed by atoms with Gasteiger partial charge in [-0.3, -0.25) is 14.5 Å². The van der Waals surface area contributed by atoms with Crippen LogP contribution in [0.25, 0.3) is 0 Å². The topological polar surface area (TPSA) is 72.5 Å². The monoisotopic (exact) mass is 327 g/mol.